The third kappa shape index (κ3) is 12.3. The Hall–Kier alpha value is -0.490. The van der Waals surface area contributed by atoms with Crippen molar-refractivity contribution in [1.82, 2.24) is 0 Å². The standard InChI is InChI=1S/C31H59O19P/c1-30(2,3)46-14-17-20(34)23(37)26(40)29(50-17)45-13-16-19(33)22(36)25(39)28(49-16)44-12-15-18(32)21(35)24(38)27(48-15)43-10-8-7-9-11-47-51(41,42)31(4,5)6/h15-29,32-40H,7-14H2,1-6H3,(H,41,42). The predicted molar refractivity (Wildman–Crippen MR) is 173 cm³/mol. The lowest BCUT2D eigenvalue weighted by atomic mass is 9.98. The number of rotatable bonds is 16. The second-order valence-corrected chi connectivity index (χ2v) is 17.7. The van der Waals surface area contributed by atoms with Crippen LogP contribution in [0.15, 0.2) is 0 Å². The maximum absolute atomic E-state index is 12.2. The van der Waals surface area contributed by atoms with Crippen LogP contribution in [0.4, 0.5) is 0 Å². The molecule has 3 aliphatic rings. The van der Waals surface area contributed by atoms with Gasteiger partial charge in [-0.05, 0) is 60.8 Å². The van der Waals surface area contributed by atoms with Crippen LogP contribution in [0.25, 0.3) is 0 Å². The van der Waals surface area contributed by atoms with Crippen LogP contribution in [0.3, 0.4) is 0 Å². The van der Waals surface area contributed by atoms with E-state index < -0.39 is 124 Å². The molecule has 0 spiro atoms. The van der Waals surface area contributed by atoms with E-state index in [-0.39, 0.29) is 19.8 Å². The first-order valence-corrected chi connectivity index (χ1v) is 18.7. The van der Waals surface area contributed by atoms with Crippen LogP contribution < -0.4 is 0 Å². The lowest BCUT2D eigenvalue weighted by Gasteiger charge is -2.44. The second kappa shape index (κ2) is 18.9. The first-order chi connectivity index (χ1) is 23.6. The zero-order valence-corrected chi connectivity index (χ0v) is 30.8. The van der Waals surface area contributed by atoms with E-state index in [1.165, 1.54) is 0 Å². The average Bonchev–Trinajstić information content (AvgIpc) is 3.04. The van der Waals surface area contributed by atoms with E-state index in [0.29, 0.717) is 19.3 Å². The van der Waals surface area contributed by atoms with Crippen LogP contribution in [0.2, 0.25) is 0 Å². The van der Waals surface area contributed by atoms with Crippen LogP contribution in [0, 0.1) is 0 Å². The van der Waals surface area contributed by atoms with E-state index in [1.807, 2.05) is 0 Å². The van der Waals surface area contributed by atoms with Gasteiger partial charge in [0.15, 0.2) is 18.9 Å². The Kier molecular flexibility index (Phi) is 16.6. The lowest BCUT2D eigenvalue weighted by molar-refractivity contribution is -0.343. The monoisotopic (exact) mass is 766 g/mol. The molecule has 51 heavy (non-hydrogen) atoms. The molecule has 0 aromatic carbocycles. The number of aliphatic hydroxyl groups excluding tert-OH is 9. The molecule has 0 aliphatic carbocycles. The van der Waals surface area contributed by atoms with Crippen LogP contribution in [0.5, 0.6) is 0 Å². The number of hydrogen-bond acceptors (Lipinski definition) is 18. The second-order valence-electron chi connectivity index (χ2n) is 15.1. The maximum Gasteiger partial charge on any atom is 0.333 e. The van der Waals surface area contributed by atoms with E-state index in [1.54, 1.807) is 41.5 Å². The zero-order chi connectivity index (χ0) is 38.5. The minimum Gasteiger partial charge on any atom is -0.387 e. The fourth-order valence-electron chi connectivity index (χ4n) is 5.25. The van der Waals surface area contributed by atoms with E-state index in [4.69, 9.17) is 37.7 Å². The van der Waals surface area contributed by atoms with Crippen molar-refractivity contribution < 1.29 is 93.1 Å². The highest BCUT2D eigenvalue weighted by Crippen LogP contribution is 2.54. The molecule has 3 rings (SSSR count). The van der Waals surface area contributed by atoms with Gasteiger partial charge in [-0.15, -0.1) is 0 Å². The summed E-state index contributed by atoms with van der Waals surface area (Å²) in [7, 11) is -3.78. The summed E-state index contributed by atoms with van der Waals surface area (Å²) < 4.78 is 56.5. The van der Waals surface area contributed by atoms with Crippen molar-refractivity contribution in [1.29, 1.82) is 0 Å². The molecular formula is C31H59O19P. The van der Waals surface area contributed by atoms with Gasteiger partial charge in [0.05, 0.1) is 37.2 Å². The minimum absolute atomic E-state index is 0.0584. The van der Waals surface area contributed by atoms with Crippen molar-refractivity contribution in [3.8, 4) is 0 Å². The molecule has 20 heteroatoms. The highest BCUT2D eigenvalue weighted by atomic mass is 31.2. The van der Waals surface area contributed by atoms with Gasteiger partial charge in [0.25, 0.3) is 0 Å². The highest BCUT2D eigenvalue weighted by Gasteiger charge is 2.49. The minimum atomic E-state index is -3.78. The Labute approximate surface area is 297 Å². The SMILES string of the molecule is CC(C)(C)OCC1OC(OCC2OC(OCC3OC(OCCCCCOP(=O)(O)C(C)(C)C)C(O)C(O)C3O)C(O)C(O)C2O)C(O)C(O)C1O. The molecule has 10 N–H and O–H groups in total. The average molecular weight is 767 g/mol. The van der Waals surface area contributed by atoms with E-state index in [2.05, 4.69) is 0 Å². The topological polar surface area (TPSA) is 293 Å². The third-order valence-electron chi connectivity index (χ3n) is 8.72. The van der Waals surface area contributed by atoms with Crippen molar-refractivity contribution in [2.75, 3.05) is 33.0 Å². The quantitative estimate of drug-likeness (QED) is 0.0571. The molecule has 0 amide bonds. The van der Waals surface area contributed by atoms with Gasteiger partial charge in [-0.25, -0.2) is 0 Å². The van der Waals surface area contributed by atoms with E-state index >= 15 is 0 Å². The summed E-state index contributed by atoms with van der Waals surface area (Å²) in [4.78, 5) is 9.97. The lowest BCUT2D eigenvalue weighted by Crippen LogP contribution is -2.62. The number of hydrogen-bond donors (Lipinski definition) is 10. The molecule has 16 atom stereocenters. The fourth-order valence-corrected chi connectivity index (χ4v) is 6.01. The Balaban J connectivity index is 1.50. The molecule has 0 aromatic rings. The van der Waals surface area contributed by atoms with Crippen LogP contribution >= 0.6 is 7.60 Å². The molecule has 3 aliphatic heterocycles. The Bertz CT molecular complexity index is 1090. The van der Waals surface area contributed by atoms with Gasteiger partial charge in [0, 0.05) is 6.61 Å². The summed E-state index contributed by atoms with van der Waals surface area (Å²) in [5.74, 6) is 0. The molecule has 0 bridgehead atoms. The fraction of sp³-hybridized carbons (Fsp3) is 1.00. The molecular weight excluding hydrogens is 707 g/mol. The van der Waals surface area contributed by atoms with E-state index in [0.717, 1.165) is 0 Å². The Morgan fingerprint density at radius 1 is 0.510 bits per heavy atom. The number of unbranched alkanes of at least 4 members (excludes halogenated alkanes) is 2. The highest BCUT2D eigenvalue weighted by molar-refractivity contribution is 7.54. The van der Waals surface area contributed by atoms with Crippen molar-refractivity contribution >= 4 is 7.60 Å². The summed E-state index contributed by atoms with van der Waals surface area (Å²) in [6.45, 7) is 9.02. The molecule has 16 unspecified atom stereocenters. The molecule has 3 fully saturated rings. The van der Waals surface area contributed by atoms with Crippen molar-refractivity contribution in [3.63, 3.8) is 0 Å². The van der Waals surface area contributed by atoms with Gasteiger partial charge < -0.3 is 88.5 Å². The van der Waals surface area contributed by atoms with E-state index in [9.17, 15) is 55.4 Å². The summed E-state index contributed by atoms with van der Waals surface area (Å²) in [6, 6.07) is 0. The Morgan fingerprint density at radius 3 is 1.27 bits per heavy atom. The predicted octanol–water partition coefficient (Wildman–Crippen LogP) is -2.56. The molecule has 19 nitrogen and oxygen atoms in total. The normalized spacial score (nSPS) is 41.0. The molecule has 0 radical (unpaired) electrons. The Morgan fingerprint density at radius 2 is 0.882 bits per heavy atom. The smallest absolute Gasteiger partial charge is 0.333 e. The summed E-state index contributed by atoms with van der Waals surface area (Å²) in [5.41, 5.74) is -0.600. The van der Waals surface area contributed by atoms with Crippen molar-refractivity contribution in [2.24, 2.45) is 0 Å². The molecule has 3 saturated heterocycles. The number of aliphatic hydroxyl groups is 9. The van der Waals surface area contributed by atoms with Gasteiger partial charge in [0.2, 0.25) is 0 Å². The molecule has 3 heterocycles. The van der Waals surface area contributed by atoms with Gasteiger partial charge >= 0.3 is 7.60 Å². The first-order valence-electron chi connectivity index (χ1n) is 17.1. The van der Waals surface area contributed by atoms with Gasteiger partial charge in [-0.2, -0.15) is 0 Å². The number of ether oxygens (including phenoxy) is 7. The van der Waals surface area contributed by atoms with Crippen LogP contribution in [0.1, 0.15) is 60.8 Å². The zero-order valence-electron chi connectivity index (χ0n) is 29.9. The van der Waals surface area contributed by atoms with Gasteiger partial charge in [-0.3, -0.25) is 4.57 Å². The summed E-state index contributed by atoms with van der Waals surface area (Å²) in [5, 5.41) is 93.2. The first kappa shape index (κ1) is 44.9. The third-order valence-corrected chi connectivity index (χ3v) is 10.9. The van der Waals surface area contributed by atoms with Crippen LogP contribution in [-0.4, -0.2) is 187 Å². The maximum atomic E-state index is 12.2. The van der Waals surface area contributed by atoms with Crippen molar-refractivity contribution in [3.05, 3.63) is 0 Å². The van der Waals surface area contributed by atoms with Crippen molar-refractivity contribution in [2.45, 2.75) is 164 Å². The summed E-state index contributed by atoms with van der Waals surface area (Å²) >= 11 is 0. The molecule has 0 aromatic heterocycles. The largest absolute Gasteiger partial charge is 0.387 e. The van der Waals surface area contributed by atoms with Crippen LogP contribution in [-0.2, 0) is 42.2 Å². The van der Waals surface area contributed by atoms with Gasteiger partial charge in [-0.1, -0.05) is 0 Å². The van der Waals surface area contributed by atoms with Gasteiger partial charge in [0.1, 0.15) is 73.2 Å². The molecule has 302 valence electrons. The summed E-state index contributed by atoms with van der Waals surface area (Å²) in [6.07, 6.45) is -22.0. The molecule has 0 saturated carbocycles.